The second kappa shape index (κ2) is 10.5. The van der Waals surface area contributed by atoms with E-state index < -0.39 is 0 Å². The van der Waals surface area contributed by atoms with Crippen molar-refractivity contribution in [3.05, 3.63) is 162 Å². The van der Waals surface area contributed by atoms with Gasteiger partial charge in [0.05, 0.1) is 5.69 Å². The van der Waals surface area contributed by atoms with Crippen LogP contribution in [-0.2, 0) is 5.41 Å². The summed E-state index contributed by atoms with van der Waals surface area (Å²) >= 11 is 0. The molecule has 0 amide bonds. The van der Waals surface area contributed by atoms with Gasteiger partial charge in [-0.2, -0.15) is 0 Å². The summed E-state index contributed by atoms with van der Waals surface area (Å²) < 4.78 is 0. The average Bonchev–Trinajstić information content (AvgIpc) is 3.30. The van der Waals surface area contributed by atoms with Crippen LogP contribution in [0.4, 0.5) is 17.1 Å². The minimum Gasteiger partial charge on any atom is -0.310 e. The molecule has 0 heterocycles. The fourth-order valence-electron chi connectivity index (χ4n) is 7.53. The molecule has 0 fully saturated rings. The van der Waals surface area contributed by atoms with E-state index in [-0.39, 0.29) is 5.41 Å². The highest BCUT2D eigenvalue weighted by Crippen LogP contribution is 2.52. The van der Waals surface area contributed by atoms with Gasteiger partial charge in [0.1, 0.15) is 0 Å². The molecule has 0 saturated heterocycles. The molecular formula is C44H37N. The quantitative estimate of drug-likeness (QED) is 0.196. The van der Waals surface area contributed by atoms with Gasteiger partial charge in [0.2, 0.25) is 0 Å². The molecule has 0 saturated carbocycles. The van der Waals surface area contributed by atoms with Crippen molar-refractivity contribution >= 4 is 38.6 Å². The van der Waals surface area contributed by atoms with E-state index in [1.54, 1.807) is 0 Å². The van der Waals surface area contributed by atoms with Gasteiger partial charge < -0.3 is 4.90 Å². The zero-order valence-corrected chi connectivity index (χ0v) is 26.4. The van der Waals surface area contributed by atoms with Crippen LogP contribution >= 0.6 is 0 Å². The standard InChI is InChI=1S/C44H37N/c1-29(2)35-16-9-10-19-39(35)43-36-17-8-7-14-31(36)22-26-42(43)45(33-23-21-30-13-5-6-15-32(30)27-33)34-24-25-38-37-18-11-12-20-40(37)44(3,4)41(38)28-34/h5-29H,1-4H3. The molecule has 0 unspecified atom stereocenters. The Kier molecular flexibility index (Phi) is 6.39. The Bertz CT molecular complexity index is 2240. The molecule has 0 radical (unpaired) electrons. The third kappa shape index (κ3) is 4.37. The highest BCUT2D eigenvalue weighted by Gasteiger charge is 2.36. The molecule has 218 valence electrons. The van der Waals surface area contributed by atoms with E-state index >= 15 is 0 Å². The molecule has 0 bridgehead atoms. The third-order valence-electron chi connectivity index (χ3n) is 9.82. The highest BCUT2D eigenvalue weighted by atomic mass is 15.1. The van der Waals surface area contributed by atoms with E-state index in [0.29, 0.717) is 5.92 Å². The molecule has 1 aliphatic rings. The fourth-order valence-corrected chi connectivity index (χ4v) is 7.53. The van der Waals surface area contributed by atoms with Crippen molar-refractivity contribution in [3.8, 4) is 22.3 Å². The molecule has 45 heavy (non-hydrogen) atoms. The first-order valence-electron chi connectivity index (χ1n) is 16.1. The van der Waals surface area contributed by atoms with E-state index in [0.717, 1.165) is 5.69 Å². The summed E-state index contributed by atoms with van der Waals surface area (Å²) in [5.74, 6) is 0.390. The largest absolute Gasteiger partial charge is 0.310 e. The van der Waals surface area contributed by atoms with Gasteiger partial charge in [-0.1, -0.05) is 143 Å². The number of hydrogen-bond donors (Lipinski definition) is 0. The lowest BCUT2D eigenvalue weighted by Gasteiger charge is -2.31. The van der Waals surface area contributed by atoms with Gasteiger partial charge >= 0.3 is 0 Å². The first kappa shape index (κ1) is 27.4. The van der Waals surface area contributed by atoms with Crippen LogP contribution in [-0.4, -0.2) is 0 Å². The lowest BCUT2D eigenvalue weighted by Crippen LogP contribution is -2.17. The van der Waals surface area contributed by atoms with Crippen LogP contribution < -0.4 is 4.90 Å². The van der Waals surface area contributed by atoms with Gasteiger partial charge in [-0.3, -0.25) is 0 Å². The summed E-state index contributed by atoms with van der Waals surface area (Å²) in [6.07, 6.45) is 0. The third-order valence-corrected chi connectivity index (χ3v) is 9.82. The molecule has 1 aliphatic carbocycles. The molecule has 0 atom stereocenters. The maximum atomic E-state index is 2.49. The van der Waals surface area contributed by atoms with Crippen LogP contribution in [0.15, 0.2) is 146 Å². The van der Waals surface area contributed by atoms with Gasteiger partial charge in [-0.05, 0) is 91.2 Å². The predicted octanol–water partition coefficient (Wildman–Crippen LogP) is 12.6. The Morgan fingerprint density at radius 2 is 1.09 bits per heavy atom. The van der Waals surface area contributed by atoms with Crippen molar-refractivity contribution in [1.82, 2.24) is 0 Å². The van der Waals surface area contributed by atoms with Crippen molar-refractivity contribution in [3.63, 3.8) is 0 Å². The Morgan fingerprint density at radius 3 is 1.91 bits per heavy atom. The summed E-state index contributed by atoms with van der Waals surface area (Å²) in [5.41, 5.74) is 12.8. The average molecular weight is 580 g/mol. The normalized spacial score (nSPS) is 13.3. The molecular weight excluding hydrogens is 542 g/mol. The van der Waals surface area contributed by atoms with Gasteiger partial charge in [0.15, 0.2) is 0 Å². The number of benzene rings is 7. The van der Waals surface area contributed by atoms with Gasteiger partial charge in [-0.25, -0.2) is 0 Å². The van der Waals surface area contributed by atoms with Crippen LogP contribution in [0, 0.1) is 0 Å². The summed E-state index contributed by atoms with van der Waals surface area (Å²) in [5, 5.41) is 5.00. The predicted molar refractivity (Wildman–Crippen MR) is 193 cm³/mol. The zero-order valence-electron chi connectivity index (χ0n) is 26.4. The molecule has 7 aromatic carbocycles. The maximum absolute atomic E-state index is 2.49. The van der Waals surface area contributed by atoms with Crippen LogP contribution in [0.25, 0.3) is 43.8 Å². The van der Waals surface area contributed by atoms with Crippen molar-refractivity contribution < 1.29 is 0 Å². The summed E-state index contributed by atoms with van der Waals surface area (Å²) in [4.78, 5) is 2.49. The summed E-state index contributed by atoms with van der Waals surface area (Å²) in [6.45, 7) is 9.32. The second-order valence-corrected chi connectivity index (χ2v) is 13.2. The number of rotatable bonds is 5. The van der Waals surface area contributed by atoms with E-state index in [9.17, 15) is 0 Å². The lowest BCUT2D eigenvalue weighted by molar-refractivity contribution is 0.660. The Balaban J connectivity index is 1.44. The van der Waals surface area contributed by atoms with Gasteiger partial charge in [0.25, 0.3) is 0 Å². The molecule has 0 aliphatic heterocycles. The smallest absolute Gasteiger partial charge is 0.0546 e. The molecule has 8 rings (SSSR count). The fraction of sp³-hybridized carbons (Fsp3) is 0.136. The Labute approximate surface area is 266 Å². The molecule has 0 spiro atoms. The van der Waals surface area contributed by atoms with E-state index in [4.69, 9.17) is 0 Å². The molecule has 0 aromatic heterocycles. The lowest BCUT2D eigenvalue weighted by atomic mass is 9.82. The molecule has 7 aromatic rings. The van der Waals surface area contributed by atoms with Crippen LogP contribution in [0.1, 0.15) is 50.3 Å². The maximum Gasteiger partial charge on any atom is 0.0546 e. The number of hydrogen-bond acceptors (Lipinski definition) is 1. The Morgan fingerprint density at radius 1 is 0.489 bits per heavy atom. The molecule has 1 nitrogen and oxygen atoms in total. The van der Waals surface area contributed by atoms with Gasteiger partial charge in [0, 0.05) is 22.4 Å². The summed E-state index contributed by atoms with van der Waals surface area (Å²) in [7, 11) is 0. The van der Waals surface area contributed by atoms with E-state index in [1.165, 1.54) is 71.9 Å². The van der Waals surface area contributed by atoms with E-state index in [2.05, 4.69) is 178 Å². The monoisotopic (exact) mass is 579 g/mol. The minimum atomic E-state index is -0.0898. The Hall–Kier alpha value is -5.14. The zero-order chi connectivity index (χ0) is 30.7. The first-order valence-corrected chi connectivity index (χ1v) is 16.1. The second-order valence-electron chi connectivity index (χ2n) is 13.2. The van der Waals surface area contributed by atoms with E-state index in [1.807, 2.05) is 0 Å². The topological polar surface area (TPSA) is 3.24 Å². The van der Waals surface area contributed by atoms with Crippen LogP contribution in [0.3, 0.4) is 0 Å². The first-order chi connectivity index (χ1) is 21.9. The van der Waals surface area contributed by atoms with Crippen LogP contribution in [0.2, 0.25) is 0 Å². The van der Waals surface area contributed by atoms with Crippen molar-refractivity contribution in [1.29, 1.82) is 0 Å². The van der Waals surface area contributed by atoms with Crippen molar-refractivity contribution in [2.24, 2.45) is 0 Å². The summed E-state index contributed by atoms with van der Waals surface area (Å²) in [6, 6.07) is 53.9. The number of fused-ring (bicyclic) bond motifs is 5. The SMILES string of the molecule is CC(C)c1ccccc1-c1c(N(c2ccc3c(c2)C(C)(C)c2ccccc2-3)c2ccc3ccccc3c2)ccc2ccccc12. The van der Waals surface area contributed by atoms with Gasteiger partial charge in [-0.15, -0.1) is 0 Å². The molecule has 1 heteroatoms. The number of anilines is 3. The highest BCUT2D eigenvalue weighted by molar-refractivity contribution is 6.06. The number of nitrogens with zero attached hydrogens (tertiary/aromatic N) is 1. The van der Waals surface area contributed by atoms with Crippen molar-refractivity contribution in [2.75, 3.05) is 4.90 Å². The van der Waals surface area contributed by atoms with Crippen molar-refractivity contribution in [2.45, 2.75) is 39.0 Å². The minimum absolute atomic E-state index is 0.0898. The molecule has 0 N–H and O–H groups in total. The van der Waals surface area contributed by atoms with Crippen LogP contribution in [0.5, 0.6) is 0 Å².